The van der Waals surface area contributed by atoms with Gasteiger partial charge in [0.05, 0.1) is 32.0 Å². The minimum absolute atomic E-state index is 0.0386. The van der Waals surface area contributed by atoms with Crippen molar-refractivity contribution >= 4 is 23.7 Å². The second-order valence-electron chi connectivity index (χ2n) is 7.24. The molecule has 30 heavy (non-hydrogen) atoms. The van der Waals surface area contributed by atoms with Gasteiger partial charge >= 0.3 is 5.97 Å². The molecule has 1 N–H and O–H groups in total. The second kappa shape index (κ2) is 11.3. The Hall–Kier alpha value is -2.97. The van der Waals surface area contributed by atoms with Gasteiger partial charge in [0.25, 0.3) is 0 Å². The van der Waals surface area contributed by atoms with Crippen molar-refractivity contribution in [2.45, 2.75) is 26.2 Å². The first kappa shape index (κ1) is 23.3. The molecule has 0 spiro atoms. The topological polar surface area (TPSA) is 96.0 Å². The van der Waals surface area contributed by atoms with Crippen LogP contribution in [-0.4, -0.2) is 73.3 Å². The van der Waals surface area contributed by atoms with Crippen LogP contribution in [0.4, 0.5) is 4.39 Å². The van der Waals surface area contributed by atoms with E-state index in [1.54, 1.807) is 17.9 Å². The zero-order valence-electron chi connectivity index (χ0n) is 17.4. The van der Waals surface area contributed by atoms with Crippen LogP contribution in [0, 0.1) is 11.7 Å². The van der Waals surface area contributed by atoms with E-state index in [-0.39, 0.29) is 37.3 Å². The molecule has 0 radical (unpaired) electrons. The van der Waals surface area contributed by atoms with Crippen molar-refractivity contribution in [3.63, 3.8) is 0 Å². The van der Waals surface area contributed by atoms with Crippen LogP contribution in [0.5, 0.6) is 0 Å². The fourth-order valence-electron chi connectivity index (χ4n) is 3.22. The lowest BCUT2D eigenvalue weighted by molar-refractivity contribution is -0.151. The summed E-state index contributed by atoms with van der Waals surface area (Å²) in [5.74, 6) is -1.88. The maximum Gasteiger partial charge on any atom is 0.309 e. The number of esters is 1. The molecular formula is C21H28FN3O5. The lowest BCUT2D eigenvalue weighted by atomic mass is 9.97. The van der Waals surface area contributed by atoms with E-state index in [4.69, 9.17) is 4.74 Å². The SMILES string of the molecule is CCOC(=O)C1CCN(C(=O)CN(C)C(=O)CNC(=O)Cc2cccc(F)c2)CC1. The summed E-state index contributed by atoms with van der Waals surface area (Å²) in [6.07, 6.45) is 1.04. The van der Waals surface area contributed by atoms with Crippen molar-refractivity contribution in [3.05, 3.63) is 35.6 Å². The third-order valence-corrected chi connectivity index (χ3v) is 4.96. The van der Waals surface area contributed by atoms with E-state index in [1.165, 1.54) is 30.1 Å². The first-order valence-electron chi connectivity index (χ1n) is 9.99. The van der Waals surface area contributed by atoms with Gasteiger partial charge in [-0.25, -0.2) is 4.39 Å². The molecule has 0 bridgehead atoms. The molecule has 3 amide bonds. The molecule has 0 atom stereocenters. The van der Waals surface area contributed by atoms with E-state index in [2.05, 4.69) is 5.32 Å². The molecule has 1 fully saturated rings. The zero-order valence-corrected chi connectivity index (χ0v) is 17.4. The Morgan fingerprint density at radius 1 is 1.23 bits per heavy atom. The Morgan fingerprint density at radius 2 is 1.93 bits per heavy atom. The summed E-state index contributed by atoms with van der Waals surface area (Å²) >= 11 is 0. The Bertz CT molecular complexity index is 778. The van der Waals surface area contributed by atoms with Gasteiger partial charge in [-0.05, 0) is 37.5 Å². The molecule has 164 valence electrons. The minimum Gasteiger partial charge on any atom is -0.466 e. The number of hydrogen-bond donors (Lipinski definition) is 1. The number of likely N-dealkylation sites (tertiary alicyclic amines) is 1. The smallest absolute Gasteiger partial charge is 0.309 e. The molecule has 0 aliphatic carbocycles. The predicted molar refractivity (Wildman–Crippen MR) is 107 cm³/mol. The first-order chi connectivity index (χ1) is 14.3. The lowest BCUT2D eigenvalue weighted by Gasteiger charge is -2.32. The number of amides is 3. The number of halogens is 1. The summed E-state index contributed by atoms with van der Waals surface area (Å²) in [5.41, 5.74) is 0.509. The minimum atomic E-state index is -0.430. The molecule has 1 aromatic carbocycles. The molecule has 1 aliphatic heterocycles. The fourth-order valence-corrected chi connectivity index (χ4v) is 3.22. The van der Waals surface area contributed by atoms with Crippen molar-refractivity contribution in [3.8, 4) is 0 Å². The number of benzene rings is 1. The normalized spacial score (nSPS) is 14.2. The van der Waals surface area contributed by atoms with Crippen molar-refractivity contribution in [2.75, 3.05) is 39.8 Å². The predicted octanol–water partition coefficient (Wildman–Crippen LogP) is 0.745. The highest BCUT2D eigenvalue weighted by Gasteiger charge is 2.28. The van der Waals surface area contributed by atoms with Crippen LogP contribution in [0.2, 0.25) is 0 Å². The van der Waals surface area contributed by atoms with Gasteiger partial charge in [-0.3, -0.25) is 19.2 Å². The van der Waals surface area contributed by atoms with E-state index in [0.717, 1.165) is 0 Å². The Labute approximate surface area is 175 Å². The maximum atomic E-state index is 13.2. The summed E-state index contributed by atoms with van der Waals surface area (Å²) in [5, 5.41) is 2.49. The van der Waals surface area contributed by atoms with E-state index in [1.807, 2.05) is 0 Å². The number of carbonyl (C=O) groups excluding carboxylic acids is 4. The molecule has 0 aromatic heterocycles. The van der Waals surface area contributed by atoms with E-state index in [9.17, 15) is 23.6 Å². The van der Waals surface area contributed by atoms with Gasteiger partial charge in [0.15, 0.2) is 0 Å². The molecule has 9 heteroatoms. The second-order valence-corrected chi connectivity index (χ2v) is 7.24. The first-order valence-corrected chi connectivity index (χ1v) is 9.99. The summed E-state index contributed by atoms with van der Waals surface area (Å²) in [6.45, 7) is 2.62. The van der Waals surface area contributed by atoms with Crippen molar-refractivity contribution in [1.82, 2.24) is 15.1 Å². The summed E-state index contributed by atoms with van der Waals surface area (Å²) in [7, 11) is 1.49. The lowest BCUT2D eigenvalue weighted by Crippen LogP contribution is -2.47. The Kier molecular flexibility index (Phi) is 8.76. The van der Waals surface area contributed by atoms with Gasteiger partial charge in [-0.15, -0.1) is 0 Å². The van der Waals surface area contributed by atoms with Gasteiger partial charge in [-0.2, -0.15) is 0 Å². The van der Waals surface area contributed by atoms with E-state index in [0.29, 0.717) is 38.1 Å². The van der Waals surface area contributed by atoms with Crippen molar-refractivity contribution in [1.29, 1.82) is 0 Å². The van der Waals surface area contributed by atoms with Crippen LogP contribution in [0.25, 0.3) is 0 Å². The van der Waals surface area contributed by atoms with Gasteiger partial charge in [0.2, 0.25) is 17.7 Å². The number of nitrogens with one attached hydrogen (secondary N) is 1. The summed E-state index contributed by atoms with van der Waals surface area (Å²) in [6, 6.07) is 5.69. The summed E-state index contributed by atoms with van der Waals surface area (Å²) in [4.78, 5) is 51.2. The van der Waals surface area contributed by atoms with E-state index >= 15 is 0 Å². The summed E-state index contributed by atoms with van der Waals surface area (Å²) < 4.78 is 18.2. The van der Waals surface area contributed by atoms with Crippen LogP contribution in [0.1, 0.15) is 25.3 Å². The van der Waals surface area contributed by atoms with Crippen LogP contribution >= 0.6 is 0 Å². The third kappa shape index (κ3) is 7.13. The molecule has 1 aromatic rings. The molecule has 2 rings (SSSR count). The highest BCUT2D eigenvalue weighted by Crippen LogP contribution is 2.18. The molecule has 1 saturated heterocycles. The highest BCUT2D eigenvalue weighted by atomic mass is 19.1. The zero-order chi connectivity index (χ0) is 22.1. The van der Waals surface area contributed by atoms with E-state index < -0.39 is 17.6 Å². The van der Waals surface area contributed by atoms with Crippen molar-refractivity contribution in [2.24, 2.45) is 5.92 Å². The monoisotopic (exact) mass is 421 g/mol. The number of likely N-dealkylation sites (N-methyl/N-ethyl adjacent to an activating group) is 1. The number of nitrogens with zero attached hydrogens (tertiary/aromatic N) is 2. The number of piperidine rings is 1. The molecule has 0 unspecified atom stereocenters. The van der Waals surface area contributed by atoms with Gasteiger partial charge in [0, 0.05) is 20.1 Å². The molecule has 0 saturated carbocycles. The quantitative estimate of drug-likeness (QED) is 0.625. The molecule has 8 nitrogen and oxygen atoms in total. The Balaban J connectivity index is 1.71. The van der Waals surface area contributed by atoms with Crippen LogP contribution in [-0.2, 0) is 30.3 Å². The fraction of sp³-hybridized carbons (Fsp3) is 0.524. The third-order valence-electron chi connectivity index (χ3n) is 4.96. The van der Waals surface area contributed by atoms with Gasteiger partial charge < -0.3 is 19.9 Å². The number of ether oxygens (including phenoxy) is 1. The largest absolute Gasteiger partial charge is 0.466 e. The average molecular weight is 421 g/mol. The number of hydrogen-bond acceptors (Lipinski definition) is 5. The van der Waals surface area contributed by atoms with Gasteiger partial charge in [-0.1, -0.05) is 12.1 Å². The van der Waals surface area contributed by atoms with Crippen LogP contribution < -0.4 is 5.32 Å². The average Bonchev–Trinajstić information content (AvgIpc) is 2.72. The highest BCUT2D eigenvalue weighted by molar-refractivity contribution is 5.88. The molecule has 1 heterocycles. The standard InChI is InChI=1S/C21H28FN3O5/c1-3-30-21(29)16-7-9-25(10-8-16)20(28)14-24(2)19(27)13-23-18(26)12-15-5-4-6-17(22)11-15/h4-6,11,16H,3,7-10,12-14H2,1-2H3,(H,23,26). The van der Waals surface area contributed by atoms with Crippen molar-refractivity contribution < 1.29 is 28.3 Å². The maximum absolute atomic E-state index is 13.2. The molecule has 1 aliphatic rings. The Morgan fingerprint density at radius 3 is 2.57 bits per heavy atom. The number of rotatable bonds is 8. The van der Waals surface area contributed by atoms with Gasteiger partial charge in [0.1, 0.15) is 5.82 Å². The van der Waals surface area contributed by atoms with Crippen LogP contribution in [0.15, 0.2) is 24.3 Å². The number of carbonyl (C=O) groups is 4. The van der Waals surface area contributed by atoms with Crippen LogP contribution in [0.3, 0.4) is 0 Å². The molecular weight excluding hydrogens is 393 g/mol.